The van der Waals surface area contributed by atoms with Gasteiger partial charge in [-0.2, -0.15) is 0 Å². The van der Waals surface area contributed by atoms with E-state index in [2.05, 4.69) is 19.8 Å². The second-order valence-corrected chi connectivity index (χ2v) is 5.70. The highest BCUT2D eigenvalue weighted by Crippen LogP contribution is 2.23. The second-order valence-electron chi connectivity index (χ2n) is 5.70. The highest BCUT2D eigenvalue weighted by atomic mass is 19.1. The number of halogens is 1. The predicted octanol–water partition coefficient (Wildman–Crippen LogP) is 3.20. The highest BCUT2D eigenvalue weighted by molar-refractivity contribution is 5.59. The molecule has 4 rings (SSSR count). The van der Waals surface area contributed by atoms with Crippen LogP contribution in [0.4, 0.5) is 15.9 Å². The van der Waals surface area contributed by atoms with Gasteiger partial charge in [-0.3, -0.25) is 4.98 Å². The maximum atomic E-state index is 13.9. The Morgan fingerprint density at radius 1 is 0.958 bits per heavy atom. The number of hydrogen-bond donors (Lipinski definition) is 0. The van der Waals surface area contributed by atoms with Crippen molar-refractivity contribution in [1.29, 1.82) is 0 Å². The third kappa shape index (κ3) is 2.82. The van der Waals surface area contributed by atoms with Gasteiger partial charge in [-0.05, 0) is 18.2 Å². The van der Waals surface area contributed by atoms with E-state index in [1.807, 2.05) is 18.2 Å². The Bertz CT molecular complexity index is 813. The van der Waals surface area contributed by atoms with Crippen molar-refractivity contribution in [2.45, 2.75) is 0 Å². The van der Waals surface area contributed by atoms with Gasteiger partial charge in [0.25, 0.3) is 0 Å². The molecule has 1 aromatic carbocycles. The zero-order chi connectivity index (χ0) is 16.4. The SMILES string of the molecule is Fc1ccccc1N1CCN(c2cncc(-c3ccoc3)n2)CC1. The number of anilines is 2. The lowest BCUT2D eigenvalue weighted by Crippen LogP contribution is -2.47. The Balaban J connectivity index is 1.48. The molecule has 0 N–H and O–H groups in total. The van der Waals surface area contributed by atoms with Gasteiger partial charge in [-0.15, -0.1) is 0 Å². The number of benzene rings is 1. The van der Waals surface area contributed by atoms with Crippen molar-refractivity contribution >= 4 is 11.5 Å². The Morgan fingerprint density at radius 3 is 2.50 bits per heavy atom. The molecule has 3 heterocycles. The van der Waals surface area contributed by atoms with Crippen molar-refractivity contribution in [3.8, 4) is 11.3 Å². The lowest BCUT2D eigenvalue weighted by Gasteiger charge is -2.36. The molecule has 1 aliphatic rings. The number of hydrogen-bond acceptors (Lipinski definition) is 5. The minimum absolute atomic E-state index is 0.173. The highest BCUT2D eigenvalue weighted by Gasteiger charge is 2.20. The first kappa shape index (κ1) is 14.7. The smallest absolute Gasteiger partial charge is 0.147 e. The van der Waals surface area contributed by atoms with Crippen LogP contribution in [0.25, 0.3) is 11.3 Å². The number of nitrogens with zero attached hydrogens (tertiary/aromatic N) is 4. The molecular formula is C18H17FN4O. The molecule has 1 fully saturated rings. The molecule has 0 unspecified atom stereocenters. The molecule has 0 spiro atoms. The van der Waals surface area contributed by atoms with Gasteiger partial charge in [0.15, 0.2) is 0 Å². The lowest BCUT2D eigenvalue weighted by atomic mass is 10.2. The Hall–Kier alpha value is -2.89. The van der Waals surface area contributed by atoms with Crippen LogP contribution >= 0.6 is 0 Å². The van der Waals surface area contributed by atoms with Gasteiger partial charge in [0.1, 0.15) is 11.6 Å². The zero-order valence-corrected chi connectivity index (χ0v) is 13.1. The van der Waals surface area contributed by atoms with E-state index in [0.29, 0.717) is 5.69 Å². The molecule has 1 aliphatic heterocycles. The summed E-state index contributed by atoms with van der Waals surface area (Å²) in [6, 6.07) is 8.77. The summed E-state index contributed by atoms with van der Waals surface area (Å²) in [5, 5.41) is 0. The predicted molar refractivity (Wildman–Crippen MR) is 90.6 cm³/mol. The average molecular weight is 324 g/mol. The summed E-state index contributed by atoms with van der Waals surface area (Å²) in [5.41, 5.74) is 2.36. The van der Waals surface area contributed by atoms with Crippen molar-refractivity contribution in [2.75, 3.05) is 36.0 Å². The van der Waals surface area contributed by atoms with Crippen LogP contribution in [0.2, 0.25) is 0 Å². The molecule has 2 aromatic heterocycles. The first-order valence-corrected chi connectivity index (χ1v) is 7.90. The quantitative estimate of drug-likeness (QED) is 0.740. The monoisotopic (exact) mass is 324 g/mol. The number of para-hydroxylation sites is 1. The summed E-state index contributed by atoms with van der Waals surface area (Å²) in [7, 11) is 0. The molecule has 0 saturated carbocycles. The standard InChI is InChI=1S/C18H17FN4O/c19-15-3-1-2-4-17(15)22-6-8-23(9-7-22)18-12-20-11-16(21-18)14-5-10-24-13-14/h1-5,10-13H,6-9H2. The van der Waals surface area contributed by atoms with E-state index in [9.17, 15) is 4.39 Å². The number of piperazine rings is 1. The maximum Gasteiger partial charge on any atom is 0.147 e. The summed E-state index contributed by atoms with van der Waals surface area (Å²) in [5.74, 6) is 0.662. The molecule has 5 nitrogen and oxygen atoms in total. The van der Waals surface area contributed by atoms with Gasteiger partial charge < -0.3 is 14.2 Å². The van der Waals surface area contributed by atoms with Crippen molar-refractivity contribution in [3.63, 3.8) is 0 Å². The average Bonchev–Trinajstić information content (AvgIpc) is 3.17. The number of aromatic nitrogens is 2. The summed E-state index contributed by atoms with van der Waals surface area (Å²) in [4.78, 5) is 13.2. The van der Waals surface area contributed by atoms with Crippen LogP contribution in [0, 0.1) is 5.82 Å². The summed E-state index contributed by atoms with van der Waals surface area (Å²) < 4.78 is 19.0. The molecule has 0 atom stereocenters. The minimum Gasteiger partial charge on any atom is -0.472 e. The van der Waals surface area contributed by atoms with Crippen LogP contribution in [-0.2, 0) is 0 Å². The molecule has 0 radical (unpaired) electrons. The van der Waals surface area contributed by atoms with Crippen molar-refractivity contribution in [2.24, 2.45) is 0 Å². The van der Waals surface area contributed by atoms with Gasteiger partial charge in [0.05, 0.1) is 36.3 Å². The molecule has 3 aromatic rings. The van der Waals surface area contributed by atoms with Crippen molar-refractivity contribution < 1.29 is 8.81 Å². The minimum atomic E-state index is -0.173. The molecular weight excluding hydrogens is 307 g/mol. The van der Waals surface area contributed by atoms with Crippen molar-refractivity contribution in [3.05, 3.63) is 61.1 Å². The Kier molecular flexibility index (Phi) is 3.86. The second kappa shape index (κ2) is 6.31. The maximum absolute atomic E-state index is 13.9. The largest absolute Gasteiger partial charge is 0.472 e. The van der Waals surface area contributed by atoms with E-state index in [1.54, 1.807) is 31.0 Å². The topological polar surface area (TPSA) is 45.4 Å². The molecule has 0 aliphatic carbocycles. The first-order chi connectivity index (χ1) is 11.8. The van der Waals surface area contributed by atoms with Gasteiger partial charge in [0, 0.05) is 31.7 Å². The molecule has 1 saturated heterocycles. The lowest BCUT2D eigenvalue weighted by molar-refractivity contribution is 0.568. The molecule has 0 bridgehead atoms. The molecule has 24 heavy (non-hydrogen) atoms. The van der Waals surface area contributed by atoms with Gasteiger partial charge in [-0.25, -0.2) is 9.37 Å². The zero-order valence-electron chi connectivity index (χ0n) is 13.1. The molecule has 6 heteroatoms. The van der Waals surface area contributed by atoms with Gasteiger partial charge in [0.2, 0.25) is 0 Å². The van der Waals surface area contributed by atoms with Crippen LogP contribution in [0.3, 0.4) is 0 Å². The van der Waals surface area contributed by atoms with Crippen LogP contribution in [0.5, 0.6) is 0 Å². The van der Waals surface area contributed by atoms with Gasteiger partial charge in [-0.1, -0.05) is 12.1 Å². The summed E-state index contributed by atoms with van der Waals surface area (Å²) in [6.07, 6.45) is 6.77. The summed E-state index contributed by atoms with van der Waals surface area (Å²) in [6.45, 7) is 3.05. The van der Waals surface area contributed by atoms with E-state index in [4.69, 9.17) is 4.42 Å². The van der Waals surface area contributed by atoms with Crippen LogP contribution in [0.15, 0.2) is 59.7 Å². The Labute approximate surface area is 139 Å². The fourth-order valence-corrected chi connectivity index (χ4v) is 2.94. The summed E-state index contributed by atoms with van der Waals surface area (Å²) >= 11 is 0. The van der Waals surface area contributed by atoms with E-state index in [-0.39, 0.29) is 5.82 Å². The third-order valence-electron chi connectivity index (χ3n) is 4.24. The fourth-order valence-electron chi connectivity index (χ4n) is 2.94. The van der Waals surface area contributed by atoms with Crippen molar-refractivity contribution in [1.82, 2.24) is 9.97 Å². The third-order valence-corrected chi connectivity index (χ3v) is 4.24. The van der Waals surface area contributed by atoms with E-state index < -0.39 is 0 Å². The van der Waals surface area contributed by atoms with Crippen LogP contribution < -0.4 is 9.80 Å². The molecule has 122 valence electrons. The van der Waals surface area contributed by atoms with E-state index >= 15 is 0 Å². The fraction of sp³-hybridized carbons (Fsp3) is 0.222. The molecule has 0 amide bonds. The normalized spacial score (nSPS) is 14.9. The number of furan rings is 1. The first-order valence-electron chi connectivity index (χ1n) is 7.90. The van der Waals surface area contributed by atoms with E-state index in [1.165, 1.54) is 6.07 Å². The van der Waals surface area contributed by atoms with E-state index in [0.717, 1.165) is 43.3 Å². The number of rotatable bonds is 3. The Morgan fingerprint density at radius 2 is 1.75 bits per heavy atom. The van der Waals surface area contributed by atoms with Gasteiger partial charge >= 0.3 is 0 Å². The van der Waals surface area contributed by atoms with Crippen LogP contribution in [-0.4, -0.2) is 36.1 Å². The van der Waals surface area contributed by atoms with Crippen LogP contribution in [0.1, 0.15) is 0 Å².